The highest BCUT2D eigenvalue weighted by Crippen LogP contribution is 2.26. The van der Waals surface area contributed by atoms with E-state index in [1.165, 1.54) is 0 Å². The topological polar surface area (TPSA) is 50.8 Å². The Kier molecular flexibility index (Phi) is 2.73. The lowest BCUT2D eigenvalue weighted by atomic mass is 10.2. The quantitative estimate of drug-likeness (QED) is 0.787. The number of nitrogens with one attached hydrogen (secondary N) is 1. The van der Waals surface area contributed by atoms with Crippen molar-refractivity contribution in [3.05, 3.63) is 35.5 Å². The molecule has 5 heteroatoms. The Balaban J connectivity index is 2.63. The van der Waals surface area contributed by atoms with Crippen LogP contribution in [0.25, 0.3) is 11.3 Å². The predicted molar refractivity (Wildman–Crippen MR) is 59.2 cm³/mol. The molecule has 2 rings (SSSR count). The number of H-pyrrole nitrogens is 1. The first-order chi connectivity index (χ1) is 7.33. The first-order valence-corrected chi connectivity index (χ1v) is 4.76. The third-order valence-corrected chi connectivity index (χ3v) is 2.26. The van der Waals surface area contributed by atoms with Gasteiger partial charge in [-0.05, 0) is 12.1 Å². The fourth-order valence-electron chi connectivity index (χ4n) is 1.30. The van der Waals surface area contributed by atoms with Crippen molar-refractivity contribution < 1.29 is 4.74 Å². The molecule has 0 saturated heterocycles. The molecule has 0 unspecified atom stereocenters. The van der Waals surface area contributed by atoms with Crippen LogP contribution < -0.4 is 4.74 Å². The largest absolute Gasteiger partial charge is 0.491 e. The molecule has 4 nitrogen and oxygen atoms in total. The summed E-state index contributed by atoms with van der Waals surface area (Å²) in [6.45, 7) is 0. The van der Waals surface area contributed by atoms with E-state index in [4.69, 9.17) is 17.0 Å². The first-order valence-electron chi connectivity index (χ1n) is 4.35. The molecular weight excluding hydrogens is 210 g/mol. The zero-order chi connectivity index (χ0) is 10.7. The van der Waals surface area contributed by atoms with Gasteiger partial charge in [-0.25, -0.2) is 4.98 Å². The second kappa shape index (κ2) is 4.18. The summed E-state index contributed by atoms with van der Waals surface area (Å²) in [5, 5.41) is 0. The summed E-state index contributed by atoms with van der Waals surface area (Å²) < 4.78 is 5.64. The van der Waals surface area contributed by atoms with Crippen LogP contribution in [-0.2, 0) is 0 Å². The average Bonchev–Trinajstić information content (AvgIpc) is 2.30. The fraction of sp³-hybridized carbons (Fsp3) is 0.100. The van der Waals surface area contributed by atoms with Crippen LogP contribution >= 0.6 is 12.2 Å². The molecule has 0 radical (unpaired) electrons. The second-order valence-electron chi connectivity index (χ2n) is 2.86. The minimum absolute atomic E-state index is 0.440. The third kappa shape index (κ3) is 1.87. The van der Waals surface area contributed by atoms with Crippen molar-refractivity contribution in [2.45, 2.75) is 0 Å². The molecule has 0 bridgehead atoms. The summed E-state index contributed by atoms with van der Waals surface area (Å²) in [5.74, 6) is 0.570. The zero-order valence-electron chi connectivity index (χ0n) is 8.10. The molecule has 2 heterocycles. The Morgan fingerprint density at radius 2 is 2.33 bits per heavy atom. The van der Waals surface area contributed by atoms with E-state index in [9.17, 15) is 0 Å². The minimum atomic E-state index is 0.440. The van der Waals surface area contributed by atoms with E-state index in [-0.39, 0.29) is 0 Å². The highest BCUT2D eigenvalue weighted by Gasteiger charge is 2.07. The standard InChI is InChI=1S/C10H9N3OS/c1-14-9-8(12-6-13-10(9)15)7-3-2-4-11-5-7/h2-6H,1H3,(H,12,13,15). The molecule has 0 saturated carbocycles. The SMILES string of the molecule is COc1c(-c2cccnc2)[nH]cnc1=S. The molecule has 0 fully saturated rings. The van der Waals surface area contributed by atoms with E-state index in [2.05, 4.69) is 15.0 Å². The van der Waals surface area contributed by atoms with Crippen molar-refractivity contribution in [3.8, 4) is 17.0 Å². The number of hydrogen-bond donors (Lipinski definition) is 1. The number of pyridine rings is 1. The number of rotatable bonds is 2. The lowest BCUT2D eigenvalue weighted by Gasteiger charge is -2.06. The lowest BCUT2D eigenvalue weighted by molar-refractivity contribution is 0.411. The van der Waals surface area contributed by atoms with Crippen LogP contribution in [0.5, 0.6) is 5.75 Å². The van der Waals surface area contributed by atoms with Gasteiger partial charge in [-0.15, -0.1) is 0 Å². The molecule has 1 N–H and O–H groups in total. The van der Waals surface area contributed by atoms with Crippen LogP contribution in [-0.4, -0.2) is 22.1 Å². The summed E-state index contributed by atoms with van der Waals surface area (Å²) in [6, 6.07) is 3.78. The van der Waals surface area contributed by atoms with Crippen LogP contribution in [0.4, 0.5) is 0 Å². The van der Waals surface area contributed by atoms with Crippen LogP contribution in [0, 0.1) is 4.64 Å². The van der Waals surface area contributed by atoms with Crippen molar-refractivity contribution in [2.24, 2.45) is 0 Å². The van der Waals surface area contributed by atoms with Crippen LogP contribution in [0.3, 0.4) is 0 Å². The molecule has 76 valence electrons. The highest BCUT2D eigenvalue weighted by molar-refractivity contribution is 7.71. The number of aromatic amines is 1. The fourth-order valence-corrected chi connectivity index (χ4v) is 1.54. The number of hydrogen-bond acceptors (Lipinski definition) is 4. The van der Waals surface area contributed by atoms with Crippen molar-refractivity contribution in [1.82, 2.24) is 15.0 Å². The van der Waals surface area contributed by atoms with Gasteiger partial charge < -0.3 is 9.72 Å². The van der Waals surface area contributed by atoms with Gasteiger partial charge in [-0.1, -0.05) is 12.2 Å². The van der Waals surface area contributed by atoms with E-state index in [1.807, 2.05) is 12.1 Å². The average molecular weight is 219 g/mol. The molecule has 2 aromatic rings. The van der Waals surface area contributed by atoms with Crippen molar-refractivity contribution in [1.29, 1.82) is 0 Å². The van der Waals surface area contributed by atoms with E-state index >= 15 is 0 Å². The predicted octanol–water partition coefficient (Wildman–Crippen LogP) is 2.21. The third-order valence-electron chi connectivity index (χ3n) is 1.97. The molecule has 0 aliphatic rings. The van der Waals surface area contributed by atoms with E-state index in [1.54, 1.807) is 25.8 Å². The maximum Gasteiger partial charge on any atom is 0.179 e. The van der Waals surface area contributed by atoms with E-state index in [0.717, 1.165) is 11.3 Å². The van der Waals surface area contributed by atoms with Gasteiger partial charge in [0.1, 0.15) is 0 Å². The second-order valence-corrected chi connectivity index (χ2v) is 3.24. The number of nitrogens with zero attached hydrogens (tertiary/aromatic N) is 2. The Hall–Kier alpha value is -1.75. The van der Waals surface area contributed by atoms with Crippen molar-refractivity contribution >= 4 is 12.2 Å². The summed E-state index contributed by atoms with van der Waals surface area (Å²) in [6.07, 6.45) is 5.00. The Labute approximate surface area is 92.0 Å². The van der Waals surface area contributed by atoms with E-state index in [0.29, 0.717) is 10.4 Å². The number of ether oxygens (including phenoxy) is 1. The van der Waals surface area contributed by atoms with Gasteiger partial charge in [0.2, 0.25) is 0 Å². The van der Waals surface area contributed by atoms with Crippen LogP contribution in [0.1, 0.15) is 0 Å². The molecule has 0 aliphatic carbocycles. The monoisotopic (exact) mass is 219 g/mol. The normalized spacial score (nSPS) is 9.93. The Morgan fingerprint density at radius 1 is 1.47 bits per heavy atom. The number of aromatic nitrogens is 3. The Morgan fingerprint density at radius 3 is 3.00 bits per heavy atom. The maximum absolute atomic E-state index is 5.20. The summed E-state index contributed by atoms with van der Waals surface area (Å²) in [4.78, 5) is 11.0. The van der Waals surface area contributed by atoms with Gasteiger partial charge in [0.05, 0.1) is 19.1 Å². The van der Waals surface area contributed by atoms with Crippen LogP contribution in [0.15, 0.2) is 30.9 Å². The summed E-state index contributed by atoms with van der Waals surface area (Å²) in [5.41, 5.74) is 1.72. The van der Waals surface area contributed by atoms with Gasteiger partial charge in [0, 0.05) is 18.0 Å². The van der Waals surface area contributed by atoms with Crippen LogP contribution in [0.2, 0.25) is 0 Å². The summed E-state index contributed by atoms with van der Waals surface area (Å²) >= 11 is 5.06. The molecule has 0 amide bonds. The molecule has 2 aromatic heterocycles. The Bertz CT molecular complexity index is 510. The maximum atomic E-state index is 5.20. The van der Waals surface area contributed by atoms with Gasteiger partial charge in [0.25, 0.3) is 0 Å². The number of methoxy groups -OCH3 is 1. The minimum Gasteiger partial charge on any atom is -0.491 e. The van der Waals surface area contributed by atoms with Crippen molar-refractivity contribution in [2.75, 3.05) is 7.11 Å². The molecule has 0 aliphatic heterocycles. The lowest BCUT2D eigenvalue weighted by Crippen LogP contribution is -1.94. The van der Waals surface area contributed by atoms with Gasteiger partial charge >= 0.3 is 0 Å². The molecule has 0 atom stereocenters. The van der Waals surface area contributed by atoms with Gasteiger partial charge in [-0.2, -0.15) is 0 Å². The first kappa shape index (κ1) is 9.79. The zero-order valence-corrected chi connectivity index (χ0v) is 8.91. The van der Waals surface area contributed by atoms with Gasteiger partial charge in [0.15, 0.2) is 10.4 Å². The van der Waals surface area contributed by atoms with Crippen molar-refractivity contribution in [3.63, 3.8) is 0 Å². The summed E-state index contributed by atoms with van der Waals surface area (Å²) in [7, 11) is 1.57. The molecule has 15 heavy (non-hydrogen) atoms. The molecule has 0 spiro atoms. The molecule has 0 aromatic carbocycles. The van der Waals surface area contributed by atoms with Gasteiger partial charge in [-0.3, -0.25) is 4.98 Å². The smallest absolute Gasteiger partial charge is 0.179 e. The van der Waals surface area contributed by atoms with E-state index < -0.39 is 0 Å². The molecular formula is C10H9N3OS. The highest BCUT2D eigenvalue weighted by atomic mass is 32.1.